The highest BCUT2D eigenvalue weighted by Crippen LogP contribution is 2.49. The van der Waals surface area contributed by atoms with E-state index in [2.05, 4.69) is 19.2 Å². The Morgan fingerprint density at radius 2 is 1.82 bits per heavy atom. The van der Waals surface area contributed by atoms with Crippen molar-refractivity contribution in [1.29, 1.82) is 0 Å². The number of hydrogen-bond donors (Lipinski definition) is 1. The molecule has 1 aliphatic heterocycles. The zero-order valence-corrected chi connectivity index (χ0v) is 20.5. The normalized spacial score (nSPS) is 19.8. The van der Waals surface area contributed by atoms with Crippen molar-refractivity contribution in [3.63, 3.8) is 0 Å². The van der Waals surface area contributed by atoms with E-state index >= 15 is 0 Å². The molecule has 1 atom stereocenters. The van der Waals surface area contributed by atoms with Gasteiger partial charge in [-0.3, -0.25) is 4.79 Å². The fourth-order valence-electron chi connectivity index (χ4n) is 4.72. The molecule has 0 aromatic heterocycles. The first-order valence-electron chi connectivity index (χ1n) is 11.1. The minimum Gasteiger partial charge on any atom is -0.457 e. The van der Waals surface area contributed by atoms with Crippen molar-refractivity contribution in [2.45, 2.75) is 52.6 Å². The summed E-state index contributed by atoms with van der Waals surface area (Å²) in [7, 11) is 0. The number of hydrogen-bond acceptors (Lipinski definition) is 4. The summed E-state index contributed by atoms with van der Waals surface area (Å²) in [5, 5.41) is 4.15. The molecular formula is C27H27Cl2NO3. The molecule has 0 amide bonds. The number of rotatable bonds is 5. The molecule has 2 aromatic rings. The smallest absolute Gasteiger partial charge is 0.337 e. The van der Waals surface area contributed by atoms with Crippen LogP contribution in [0.15, 0.2) is 71.1 Å². The van der Waals surface area contributed by atoms with Gasteiger partial charge in [-0.25, -0.2) is 4.79 Å². The first-order valence-corrected chi connectivity index (χ1v) is 11.9. The topological polar surface area (TPSA) is 55.4 Å². The predicted octanol–water partition coefficient (Wildman–Crippen LogP) is 6.73. The van der Waals surface area contributed by atoms with Gasteiger partial charge in [-0.1, -0.05) is 86.4 Å². The van der Waals surface area contributed by atoms with Gasteiger partial charge < -0.3 is 10.1 Å². The van der Waals surface area contributed by atoms with Crippen molar-refractivity contribution >= 4 is 35.0 Å². The first kappa shape index (κ1) is 23.6. The molecule has 2 aromatic carbocycles. The molecule has 0 radical (unpaired) electrons. The van der Waals surface area contributed by atoms with Crippen LogP contribution in [0.3, 0.4) is 0 Å². The molecule has 1 heterocycles. The van der Waals surface area contributed by atoms with Crippen LogP contribution < -0.4 is 5.32 Å². The van der Waals surface area contributed by atoms with Gasteiger partial charge in [0.25, 0.3) is 0 Å². The second kappa shape index (κ2) is 9.36. The lowest BCUT2D eigenvalue weighted by atomic mass is 9.68. The lowest BCUT2D eigenvalue weighted by Crippen LogP contribution is -2.39. The third-order valence-corrected chi connectivity index (χ3v) is 7.04. The van der Waals surface area contributed by atoms with Crippen LogP contribution in [-0.2, 0) is 20.9 Å². The second-order valence-electron chi connectivity index (χ2n) is 9.34. The van der Waals surface area contributed by atoms with Crippen LogP contribution in [0.5, 0.6) is 0 Å². The van der Waals surface area contributed by atoms with E-state index in [0.29, 0.717) is 46.0 Å². The fourth-order valence-corrected chi connectivity index (χ4v) is 5.14. The summed E-state index contributed by atoms with van der Waals surface area (Å²) in [6, 6.07) is 14.8. The zero-order valence-electron chi connectivity index (χ0n) is 19.0. The fraction of sp³-hybridized carbons (Fsp3) is 0.333. The largest absolute Gasteiger partial charge is 0.457 e. The van der Waals surface area contributed by atoms with Gasteiger partial charge in [-0.2, -0.15) is 0 Å². The quantitative estimate of drug-likeness (QED) is 0.478. The Bertz CT molecular complexity index is 1170. The molecule has 172 valence electrons. The van der Waals surface area contributed by atoms with Crippen molar-refractivity contribution in [3.8, 4) is 0 Å². The van der Waals surface area contributed by atoms with Gasteiger partial charge in [-0.05, 0) is 35.4 Å². The summed E-state index contributed by atoms with van der Waals surface area (Å²) in [4.78, 5) is 26.9. The molecule has 4 rings (SSSR count). The average Bonchev–Trinajstić information content (AvgIpc) is 2.78. The molecule has 4 nitrogen and oxygen atoms in total. The van der Waals surface area contributed by atoms with Gasteiger partial charge in [0.2, 0.25) is 0 Å². The lowest BCUT2D eigenvalue weighted by molar-refractivity contribution is -0.140. The second-order valence-corrected chi connectivity index (χ2v) is 10.1. The number of nitrogens with one attached hydrogen (secondary N) is 1. The SMILES string of the molecule is CCC1=C(C(=O)OCc2ccccc2)C(c2cccc(Cl)c2Cl)C2=C(CC(C)(C)CC2=O)N1. The summed E-state index contributed by atoms with van der Waals surface area (Å²) in [6.45, 7) is 6.28. The lowest BCUT2D eigenvalue weighted by Gasteiger charge is -2.40. The monoisotopic (exact) mass is 483 g/mol. The zero-order chi connectivity index (χ0) is 23.8. The summed E-state index contributed by atoms with van der Waals surface area (Å²) in [5.41, 5.74) is 3.97. The van der Waals surface area contributed by atoms with Gasteiger partial charge in [0.05, 0.1) is 15.6 Å². The molecule has 0 saturated heterocycles. The van der Waals surface area contributed by atoms with Crippen LogP contribution in [-0.4, -0.2) is 11.8 Å². The Labute approximate surface area is 204 Å². The van der Waals surface area contributed by atoms with Crippen LogP contribution in [0, 0.1) is 5.41 Å². The number of esters is 1. The summed E-state index contributed by atoms with van der Waals surface area (Å²) < 4.78 is 5.73. The number of dihydropyridines is 1. The Morgan fingerprint density at radius 1 is 1.09 bits per heavy atom. The Morgan fingerprint density at radius 3 is 2.52 bits per heavy atom. The minimum absolute atomic E-state index is 0.0123. The Balaban J connectivity index is 1.82. The Hall–Kier alpha value is -2.56. The maximum Gasteiger partial charge on any atom is 0.337 e. The van der Waals surface area contributed by atoms with E-state index in [0.717, 1.165) is 17.0 Å². The molecule has 0 spiro atoms. The third-order valence-electron chi connectivity index (χ3n) is 6.20. The van der Waals surface area contributed by atoms with Crippen LogP contribution in [0.1, 0.15) is 57.1 Å². The van der Waals surface area contributed by atoms with Gasteiger partial charge in [0, 0.05) is 29.3 Å². The van der Waals surface area contributed by atoms with E-state index in [9.17, 15) is 9.59 Å². The van der Waals surface area contributed by atoms with E-state index in [1.807, 2.05) is 43.3 Å². The molecule has 1 aliphatic carbocycles. The van der Waals surface area contributed by atoms with Gasteiger partial charge in [0.1, 0.15) is 6.61 Å². The highest BCUT2D eigenvalue weighted by molar-refractivity contribution is 6.42. The number of carbonyl (C=O) groups excluding carboxylic acids is 2. The van der Waals surface area contributed by atoms with Crippen LogP contribution >= 0.6 is 23.2 Å². The van der Waals surface area contributed by atoms with Crippen LogP contribution in [0.2, 0.25) is 10.0 Å². The first-order chi connectivity index (χ1) is 15.7. The number of ether oxygens (including phenoxy) is 1. The van der Waals surface area contributed by atoms with Crippen molar-refractivity contribution in [3.05, 3.63) is 92.2 Å². The molecule has 0 fully saturated rings. The molecular weight excluding hydrogens is 457 g/mol. The van der Waals surface area contributed by atoms with Crippen molar-refractivity contribution in [1.82, 2.24) is 5.32 Å². The number of Topliss-reactive ketones (excluding diaryl/α,β-unsaturated/α-hetero) is 1. The molecule has 1 unspecified atom stereocenters. The molecule has 0 bridgehead atoms. The number of allylic oxidation sites excluding steroid dienone is 3. The standard InChI is InChI=1S/C27H27Cl2NO3/c1-4-19-24(26(32)33-15-16-9-6-5-7-10-16)22(17-11-8-12-18(28)25(17)29)23-20(30-19)13-27(2,3)14-21(23)31/h5-12,22,30H,4,13-15H2,1-3H3. The number of halogens is 2. The van der Waals surface area contributed by atoms with Crippen molar-refractivity contribution < 1.29 is 14.3 Å². The van der Waals surface area contributed by atoms with Crippen molar-refractivity contribution in [2.24, 2.45) is 5.41 Å². The predicted molar refractivity (Wildman–Crippen MR) is 131 cm³/mol. The molecule has 2 aliphatic rings. The maximum absolute atomic E-state index is 13.5. The van der Waals surface area contributed by atoms with Gasteiger partial charge in [-0.15, -0.1) is 0 Å². The minimum atomic E-state index is -0.630. The highest BCUT2D eigenvalue weighted by atomic mass is 35.5. The van der Waals surface area contributed by atoms with E-state index in [1.54, 1.807) is 12.1 Å². The number of ketones is 1. The average molecular weight is 484 g/mol. The van der Waals surface area contributed by atoms with Crippen LogP contribution in [0.25, 0.3) is 0 Å². The van der Waals surface area contributed by atoms with Gasteiger partial charge >= 0.3 is 5.97 Å². The highest BCUT2D eigenvalue weighted by Gasteiger charge is 2.44. The van der Waals surface area contributed by atoms with E-state index in [-0.39, 0.29) is 17.8 Å². The van der Waals surface area contributed by atoms with Gasteiger partial charge in [0.15, 0.2) is 5.78 Å². The summed E-state index contributed by atoms with van der Waals surface area (Å²) in [6.07, 6.45) is 1.68. The molecule has 6 heteroatoms. The molecule has 0 saturated carbocycles. The third kappa shape index (κ3) is 4.73. The number of benzene rings is 2. The summed E-state index contributed by atoms with van der Waals surface area (Å²) in [5.74, 6) is -1.08. The van der Waals surface area contributed by atoms with E-state index in [4.69, 9.17) is 27.9 Å². The van der Waals surface area contributed by atoms with Crippen molar-refractivity contribution in [2.75, 3.05) is 0 Å². The van der Waals surface area contributed by atoms with E-state index < -0.39 is 11.9 Å². The molecule has 33 heavy (non-hydrogen) atoms. The Kier molecular flexibility index (Phi) is 6.69. The molecule has 1 N–H and O–H groups in total. The summed E-state index contributed by atoms with van der Waals surface area (Å²) >= 11 is 13.0. The maximum atomic E-state index is 13.5. The number of carbonyl (C=O) groups is 2. The van der Waals surface area contributed by atoms with E-state index in [1.165, 1.54) is 0 Å². The van der Waals surface area contributed by atoms with Crippen LogP contribution in [0.4, 0.5) is 0 Å².